The van der Waals surface area contributed by atoms with Crippen molar-refractivity contribution in [3.63, 3.8) is 0 Å². The lowest BCUT2D eigenvalue weighted by Crippen LogP contribution is -2.11. The summed E-state index contributed by atoms with van der Waals surface area (Å²) < 4.78 is 6.33. The second-order valence-corrected chi connectivity index (χ2v) is 5.29. The Bertz CT molecular complexity index is 723. The Morgan fingerprint density at radius 1 is 1.33 bits per heavy atom. The number of carbonyl (C=O) groups is 1. The van der Waals surface area contributed by atoms with Crippen molar-refractivity contribution in [3.05, 3.63) is 45.9 Å². The fourth-order valence-electron chi connectivity index (χ4n) is 1.63. The van der Waals surface area contributed by atoms with Crippen molar-refractivity contribution in [1.82, 2.24) is 4.98 Å². The van der Waals surface area contributed by atoms with Crippen molar-refractivity contribution in [2.24, 2.45) is 0 Å². The topological polar surface area (TPSA) is 66.2 Å². The Kier molecular flexibility index (Phi) is 4.55. The van der Waals surface area contributed by atoms with Crippen molar-refractivity contribution >= 4 is 28.0 Å². The first-order valence-electron chi connectivity index (χ1n) is 6.06. The quantitative estimate of drug-likeness (QED) is 0.794. The van der Waals surface area contributed by atoms with E-state index in [4.69, 9.17) is 10.00 Å². The second-order valence-electron chi connectivity index (χ2n) is 4.43. The lowest BCUT2D eigenvalue weighted by atomic mass is 10.2. The molecule has 0 N–H and O–H groups in total. The molecule has 0 aliphatic heterocycles. The maximum Gasteiger partial charge on any atom is 0.239 e. The van der Waals surface area contributed by atoms with Crippen molar-refractivity contribution in [2.45, 2.75) is 0 Å². The van der Waals surface area contributed by atoms with Crippen molar-refractivity contribution in [2.75, 3.05) is 19.0 Å². The number of anilines is 1. The molecule has 0 spiro atoms. The molecule has 0 atom stereocenters. The number of hydrogen-bond acceptors (Lipinski definition) is 5. The molecule has 106 valence electrons. The van der Waals surface area contributed by atoms with Crippen molar-refractivity contribution in [3.8, 4) is 17.7 Å². The van der Waals surface area contributed by atoms with E-state index in [9.17, 15) is 4.79 Å². The molecule has 0 bridgehead atoms. The average Bonchev–Trinajstić information content (AvgIpc) is 2.49. The fourth-order valence-corrected chi connectivity index (χ4v) is 1.97. The molecule has 0 amide bonds. The van der Waals surface area contributed by atoms with Crippen LogP contribution < -0.4 is 9.64 Å². The number of nitrogens with zero attached hydrogens (tertiary/aromatic N) is 3. The summed E-state index contributed by atoms with van der Waals surface area (Å²) in [6, 6.07) is 10.4. The molecule has 0 unspecified atom stereocenters. The van der Waals surface area contributed by atoms with E-state index in [-0.39, 0.29) is 5.88 Å². The summed E-state index contributed by atoms with van der Waals surface area (Å²) in [6.45, 7) is 0. The predicted octanol–water partition coefficient (Wildman–Crippen LogP) is 3.39. The van der Waals surface area contributed by atoms with Gasteiger partial charge in [0.1, 0.15) is 23.2 Å². The highest BCUT2D eigenvalue weighted by molar-refractivity contribution is 9.10. The highest BCUT2D eigenvalue weighted by Crippen LogP contribution is 2.28. The van der Waals surface area contributed by atoms with E-state index in [1.54, 1.807) is 30.3 Å². The normalized spacial score (nSPS) is 9.81. The molecule has 2 rings (SSSR count). The summed E-state index contributed by atoms with van der Waals surface area (Å²) in [4.78, 5) is 17.0. The molecule has 0 radical (unpaired) electrons. The predicted molar refractivity (Wildman–Crippen MR) is 82.9 cm³/mol. The molecule has 0 aliphatic rings. The first-order valence-corrected chi connectivity index (χ1v) is 6.85. The number of halogens is 1. The molecule has 0 saturated heterocycles. The van der Waals surface area contributed by atoms with E-state index in [1.807, 2.05) is 25.1 Å². The molecule has 0 aliphatic carbocycles. The van der Waals surface area contributed by atoms with Gasteiger partial charge in [-0.2, -0.15) is 10.2 Å². The molecule has 1 aromatic carbocycles. The lowest BCUT2D eigenvalue weighted by molar-refractivity contribution is 0.112. The van der Waals surface area contributed by atoms with Gasteiger partial charge in [0.05, 0.1) is 0 Å². The number of benzene rings is 1. The summed E-state index contributed by atoms with van der Waals surface area (Å²) in [5.74, 6) is 1.33. The molecule has 0 saturated carbocycles. The van der Waals surface area contributed by atoms with Crippen LogP contribution in [-0.2, 0) is 0 Å². The number of aromatic nitrogens is 1. The van der Waals surface area contributed by atoms with E-state index in [0.29, 0.717) is 27.2 Å². The second kappa shape index (κ2) is 6.37. The van der Waals surface area contributed by atoms with Gasteiger partial charge in [0, 0.05) is 24.1 Å². The molecular formula is C15H12BrN3O2. The molecule has 6 heteroatoms. The van der Waals surface area contributed by atoms with E-state index in [1.165, 1.54) is 0 Å². The number of ether oxygens (including phenoxy) is 1. The van der Waals surface area contributed by atoms with Gasteiger partial charge < -0.3 is 9.64 Å². The van der Waals surface area contributed by atoms with Crippen LogP contribution in [0.2, 0.25) is 0 Å². The smallest absolute Gasteiger partial charge is 0.239 e. The maximum atomic E-state index is 10.9. The third-order valence-electron chi connectivity index (χ3n) is 2.73. The van der Waals surface area contributed by atoms with Gasteiger partial charge >= 0.3 is 0 Å². The zero-order chi connectivity index (χ0) is 15.4. The molecule has 5 nitrogen and oxygen atoms in total. The summed E-state index contributed by atoms with van der Waals surface area (Å²) >= 11 is 3.27. The van der Waals surface area contributed by atoms with Crippen LogP contribution in [0, 0.1) is 11.3 Å². The minimum absolute atomic E-state index is 0.211. The van der Waals surface area contributed by atoms with Crippen LogP contribution in [0.4, 0.5) is 5.82 Å². The highest BCUT2D eigenvalue weighted by atomic mass is 79.9. The van der Waals surface area contributed by atoms with Gasteiger partial charge in [-0.25, -0.2) is 0 Å². The molecular weight excluding hydrogens is 334 g/mol. The van der Waals surface area contributed by atoms with Gasteiger partial charge in [-0.05, 0) is 30.3 Å². The zero-order valence-electron chi connectivity index (χ0n) is 11.5. The summed E-state index contributed by atoms with van der Waals surface area (Å²) in [6.07, 6.45) is 0.728. The van der Waals surface area contributed by atoms with Crippen LogP contribution in [0.5, 0.6) is 11.6 Å². The minimum Gasteiger partial charge on any atom is -0.438 e. The van der Waals surface area contributed by atoms with E-state index in [2.05, 4.69) is 20.9 Å². The third-order valence-corrected chi connectivity index (χ3v) is 3.46. The van der Waals surface area contributed by atoms with Crippen molar-refractivity contribution < 1.29 is 9.53 Å². The SMILES string of the molecule is CN(C)c1ccc(C#N)c(Oc2ccc(Br)c(C=O)c2)n1. The monoisotopic (exact) mass is 345 g/mol. The zero-order valence-corrected chi connectivity index (χ0v) is 13.1. The Balaban J connectivity index is 2.40. The van der Waals surface area contributed by atoms with Crippen LogP contribution in [0.1, 0.15) is 15.9 Å². The number of hydrogen-bond donors (Lipinski definition) is 0. The van der Waals surface area contributed by atoms with Crippen LogP contribution in [-0.4, -0.2) is 25.4 Å². The van der Waals surface area contributed by atoms with Gasteiger partial charge in [0.25, 0.3) is 0 Å². The van der Waals surface area contributed by atoms with Gasteiger partial charge in [0.2, 0.25) is 5.88 Å². The van der Waals surface area contributed by atoms with Gasteiger partial charge in [-0.15, -0.1) is 0 Å². The molecule has 1 heterocycles. The van der Waals surface area contributed by atoms with Gasteiger partial charge in [-0.1, -0.05) is 15.9 Å². The molecule has 0 fully saturated rings. The Morgan fingerprint density at radius 2 is 2.10 bits per heavy atom. The highest BCUT2D eigenvalue weighted by Gasteiger charge is 2.10. The molecule has 21 heavy (non-hydrogen) atoms. The number of aldehydes is 1. The average molecular weight is 346 g/mol. The number of carbonyl (C=O) groups excluding carboxylic acids is 1. The summed E-state index contributed by atoms with van der Waals surface area (Å²) in [5, 5.41) is 9.12. The third kappa shape index (κ3) is 3.38. The maximum absolute atomic E-state index is 10.9. The Morgan fingerprint density at radius 3 is 2.71 bits per heavy atom. The molecule has 2 aromatic rings. The number of rotatable bonds is 4. The van der Waals surface area contributed by atoms with E-state index < -0.39 is 0 Å². The first-order chi connectivity index (χ1) is 10.0. The number of nitriles is 1. The summed E-state index contributed by atoms with van der Waals surface area (Å²) in [5.41, 5.74) is 0.797. The Labute approximate surface area is 130 Å². The largest absolute Gasteiger partial charge is 0.438 e. The van der Waals surface area contributed by atoms with Crippen LogP contribution in [0.3, 0.4) is 0 Å². The van der Waals surface area contributed by atoms with Gasteiger partial charge in [-0.3, -0.25) is 4.79 Å². The fraction of sp³-hybridized carbons (Fsp3) is 0.133. The van der Waals surface area contributed by atoms with E-state index >= 15 is 0 Å². The van der Waals surface area contributed by atoms with Crippen molar-refractivity contribution in [1.29, 1.82) is 5.26 Å². The molecule has 1 aromatic heterocycles. The summed E-state index contributed by atoms with van der Waals surface area (Å²) in [7, 11) is 3.70. The Hall–Kier alpha value is -2.39. The van der Waals surface area contributed by atoms with Crippen LogP contribution >= 0.6 is 15.9 Å². The number of pyridine rings is 1. The first kappa shape index (κ1) is 15.0. The minimum atomic E-state index is 0.211. The lowest BCUT2D eigenvalue weighted by Gasteiger charge is -2.13. The van der Waals surface area contributed by atoms with Crippen LogP contribution in [0.15, 0.2) is 34.8 Å². The van der Waals surface area contributed by atoms with E-state index in [0.717, 1.165) is 6.29 Å². The van der Waals surface area contributed by atoms with Crippen LogP contribution in [0.25, 0.3) is 0 Å². The standard InChI is InChI=1S/C15H12BrN3O2/c1-19(2)14-6-3-10(8-17)15(18-14)21-12-4-5-13(16)11(7-12)9-20/h3-7,9H,1-2H3. The van der Waals surface area contributed by atoms with Gasteiger partial charge in [0.15, 0.2) is 6.29 Å².